The standard InChI is InChI=1S/C12H16F3N3O/c1-7(18(2)6-11(14)15)12(19)17-10-5-8(16)3-4-9(10)13/h3-5,7,11H,6,16H2,1-2H3,(H,17,19). The lowest BCUT2D eigenvalue weighted by atomic mass is 10.2. The van der Waals surface area contributed by atoms with Gasteiger partial charge in [0.2, 0.25) is 5.91 Å². The highest BCUT2D eigenvalue weighted by Crippen LogP contribution is 2.18. The van der Waals surface area contributed by atoms with E-state index in [0.717, 1.165) is 6.07 Å². The minimum atomic E-state index is -2.54. The molecule has 0 bridgehead atoms. The first kappa shape index (κ1) is 15.3. The van der Waals surface area contributed by atoms with Gasteiger partial charge >= 0.3 is 0 Å². The van der Waals surface area contributed by atoms with Crippen LogP contribution >= 0.6 is 0 Å². The molecule has 1 aromatic rings. The number of nitrogens with one attached hydrogen (secondary N) is 1. The lowest BCUT2D eigenvalue weighted by Crippen LogP contribution is -2.41. The summed E-state index contributed by atoms with van der Waals surface area (Å²) in [5, 5.41) is 2.32. The number of anilines is 2. The Morgan fingerprint density at radius 3 is 2.68 bits per heavy atom. The molecule has 1 amide bonds. The van der Waals surface area contributed by atoms with Gasteiger partial charge in [-0.2, -0.15) is 0 Å². The number of nitrogens with zero attached hydrogens (tertiary/aromatic N) is 1. The second-order valence-corrected chi connectivity index (χ2v) is 4.24. The van der Waals surface area contributed by atoms with Crippen molar-refractivity contribution in [1.82, 2.24) is 4.90 Å². The summed E-state index contributed by atoms with van der Waals surface area (Å²) in [7, 11) is 1.39. The molecule has 3 N–H and O–H groups in total. The van der Waals surface area contributed by atoms with Crippen LogP contribution in [0, 0.1) is 5.82 Å². The zero-order chi connectivity index (χ0) is 14.6. The van der Waals surface area contributed by atoms with Crippen LogP contribution in [-0.4, -0.2) is 36.9 Å². The van der Waals surface area contributed by atoms with Gasteiger partial charge in [0.25, 0.3) is 6.43 Å². The van der Waals surface area contributed by atoms with Crippen LogP contribution in [0.5, 0.6) is 0 Å². The van der Waals surface area contributed by atoms with E-state index >= 15 is 0 Å². The predicted octanol–water partition coefficient (Wildman–Crippen LogP) is 1.93. The zero-order valence-electron chi connectivity index (χ0n) is 10.7. The number of carbonyl (C=O) groups excluding carboxylic acids is 1. The van der Waals surface area contributed by atoms with Gasteiger partial charge in [-0.3, -0.25) is 9.69 Å². The second kappa shape index (κ2) is 6.42. The maximum absolute atomic E-state index is 13.4. The second-order valence-electron chi connectivity index (χ2n) is 4.24. The Morgan fingerprint density at radius 1 is 1.47 bits per heavy atom. The molecule has 0 saturated heterocycles. The number of hydrogen-bond acceptors (Lipinski definition) is 3. The number of benzene rings is 1. The van der Waals surface area contributed by atoms with E-state index in [1.807, 2.05) is 0 Å². The van der Waals surface area contributed by atoms with Crippen molar-refractivity contribution < 1.29 is 18.0 Å². The van der Waals surface area contributed by atoms with Gasteiger partial charge < -0.3 is 11.1 Å². The van der Waals surface area contributed by atoms with E-state index in [1.54, 1.807) is 0 Å². The molecule has 1 rings (SSSR count). The number of nitrogen functional groups attached to an aromatic ring is 1. The first-order valence-corrected chi connectivity index (χ1v) is 5.65. The Bertz CT molecular complexity index is 454. The van der Waals surface area contributed by atoms with Crippen LogP contribution < -0.4 is 11.1 Å². The molecule has 106 valence electrons. The molecule has 19 heavy (non-hydrogen) atoms. The zero-order valence-corrected chi connectivity index (χ0v) is 10.7. The van der Waals surface area contributed by atoms with Gasteiger partial charge in [0.15, 0.2) is 0 Å². The lowest BCUT2D eigenvalue weighted by molar-refractivity contribution is -0.120. The topological polar surface area (TPSA) is 58.4 Å². The monoisotopic (exact) mass is 275 g/mol. The van der Waals surface area contributed by atoms with Crippen molar-refractivity contribution in [2.24, 2.45) is 0 Å². The minimum Gasteiger partial charge on any atom is -0.399 e. The van der Waals surface area contributed by atoms with Crippen molar-refractivity contribution >= 4 is 17.3 Å². The normalized spacial score (nSPS) is 12.8. The average Bonchev–Trinajstić information content (AvgIpc) is 2.31. The highest BCUT2D eigenvalue weighted by Gasteiger charge is 2.21. The number of amides is 1. The summed E-state index contributed by atoms with van der Waals surface area (Å²) < 4.78 is 37.8. The van der Waals surface area contributed by atoms with E-state index in [1.165, 1.54) is 31.0 Å². The summed E-state index contributed by atoms with van der Waals surface area (Å²) in [6.45, 7) is 0.927. The summed E-state index contributed by atoms with van der Waals surface area (Å²) >= 11 is 0. The minimum absolute atomic E-state index is 0.0673. The molecule has 0 heterocycles. The van der Waals surface area contributed by atoms with Crippen LogP contribution in [-0.2, 0) is 4.79 Å². The van der Waals surface area contributed by atoms with Crippen LogP contribution in [0.15, 0.2) is 18.2 Å². The first-order chi connectivity index (χ1) is 8.81. The molecule has 1 aromatic carbocycles. The maximum atomic E-state index is 13.4. The van der Waals surface area contributed by atoms with Gasteiger partial charge in [0, 0.05) is 5.69 Å². The molecule has 1 unspecified atom stereocenters. The Hall–Kier alpha value is -1.76. The van der Waals surface area contributed by atoms with Crippen LogP contribution in [0.3, 0.4) is 0 Å². The van der Waals surface area contributed by atoms with Gasteiger partial charge in [-0.15, -0.1) is 0 Å². The highest BCUT2D eigenvalue weighted by molar-refractivity contribution is 5.95. The number of likely N-dealkylation sites (N-methyl/N-ethyl adjacent to an activating group) is 1. The van der Waals surface area contributed by atoms with Gasteiger partial charge in [-0.25, -0.2) is 13.2 Å². The number of nitrogens with two attached hydrogens (primary N) is 1. The summed E-state index contributed by atoms with van der Waals surface area (Å²) in [5.41, 5.74) is 5.71. The molecule has 0 aliphatic rings. The summed E-state index contributed by atoms with van der Waals surface area (Å²) in [5.74, 6) is -1.21. The van der Waals surface area contributed by atoms with E-state index < -0.39 is 30.7 Å². The molecule has 0 aromatic heterocycles. The molecule has 4 nitrogen and oxygen atoms in total. The van der Waals surface area contributed by atoms with Crippen LogP contribution in [0.1, 0.15) is 6.92 Å². The molecule has 0 radical (unpaired) electrons. The fraction of sp³-hybridized carbons (Fsp3) is 0.417. The first-order valence-electron chi connectivity index (χ1n) is 5.65. The molecule has 0 aliphatic heterocycles. The largest absolute Gasteiger partial charge is 0.399 e. The number of hydrogen-bond donors (Lipinski definition) is 2. The average molecular weight is 275 g/mol. The van der Waals surface area contributed by atoms with Crippen LogP contribution in [0.4, 0.5) is 24.5 Å². The molecule has 0 aliphatic carbocycles. The number of halogens is 3. The van der Waals surface area contributed by atoms with Gasteiger partial charge in [-0.05, 0) is 32.2 Å². The Balaban J connectivity index is 2.71. The fourth-order valence-corrected chi connectivity index (χ4v) is 1.45. The lowest BCUT2D eigenvalue weighted by Gasteiger charge is -2.23. The summed E-state index contributed by atoms with van der Waals surface area (Å²) in [6.07, 6.45) is -2.54. The maximum Gasteiger partial charge on any atom is 0.251 e. The number of carbonyl (C=O) groups is 1. The van der Waals surface area contributed by atoms with Crippen molar-refractivity contribution in [2.75, 3.05) is 24.6 Å². The van der Waals surface area contributed by atoms with Crippen LogP contribution in [0.2, 0.25) is 0 Å². The summed E-state index contributed by atoms with van der Waals surface area (Å²) in [6, 6.07) is 2.94. The smallest absolute Gasteiger partial charge is 0.251 e. The van der Waals surface area contributed by atoms with E-state index in [9.17, 15) is 18.0 Å². The van der Waals surface area contributed by atoms with Crippen LogP contribution in [0.25, 0.3) is 0 Å². The van der Waals surface area contributed by atoms with Gasteiger partial charge in [0.1, 0.15) is 5.82 Å². The molecule has 7 heteroatoms. The predicted molar refractivity (Wildman–Crippen MR) is 67.5 cm³/mol. The van der Waals surface area contributed by atoms with E-state index in [-0.39, 0.29) is 5.69 Å². The number of rotatable bonds is 5. The Kier molecular flexibility index (Phi) is 5.17. The fourth-order valence-electron chi connectivity index (χ4n) is 1.45. The molecular formula is C12H16F3N3O. The third kappa shape index (κ3) is 4.44. The van der Waals surface area contributed by atoms with Gasteiger partial charge in [0.05, 0.1) is 18.3 Å². The van der Waals surface area contributed by atoms with E-state index in [2.05, 4.69) is 5.32 Å². The third-order valence-corrected chi connectivity index (χ3v) is 2.71. The van der Waals surface area contributed by atoms with Crippen molar-refractivity contribution in [2.45, 2.75) is 19.4 Å². The van der Waals surface area contributed by atoms with E-state index in [4.69, 9.17) is 5.73 Å². The van der Waals surface area contributed by atoms with Crippen molar-refractivity contribution in [3.05, 3.63) is 24.0 Å². The number of alkyl halides is 2. The molecular weight excluding hydrogens is 259 g/mol. The third-order valence-electron chi connectivity index (χ3n) is 2.71. The van der Waals surface area contributed by atoms with Crippen molar-refractivity contribution in [3.63, 3.8) is 0 Å². The van der Waals surface area contributed by atoms with E-state index in [0.29, 0.717) is 5.69 Å². The summed E-state index contributed by atoms with van der Waals surface area (Å²) in [4.78, 5) is 13.0. The molecule has 0 saturated carbocycles. The highest BCUT2D eigenvalue weighted by atomic mass is 19.3. The quantitative estimate of drug-likeness (QED) is 0.807. The Labute approximate surface area is 109 Å². The molecule has 0 fully saturated rings. The van der Waals surface area contributed by atoms with Crippen molar-refractivity contribution in [1.29, 1.82) is 0 Å². The van der Waals surface area contributed by atoms with Gasteiger partial charge in [-0.1, -0.05) is 0 Å². The SMILES string of the molecule is CC(C(=O)Nc1cc(N)ccc1F)N(C)CC(F)F. The molecule has 0 spiro atoms. The van der Waals surface area contributed by atoms with Crippen molar-refractivity contribution in [3.8, 4) is 0 Å². The molecule has 1 atom stereocenters. The Morgan fingerprint density at radius 2 is 2.11 bits per heavy atom.